The maximum Gasteiger partial charge on any atom is 0.410 e. The number of aliphatic hydroxyl groups excluding tert-OH is 1. The second-order valence-corrected chi connectivity index (χ2v) is 10.3. The topological polar surface area (TPSA) is 68.2 Å². The summed E-state index contributed by atoms with van der Waals surface area (Å²) in [4.78, 5) is 15.0. The fourth-order valence-corrected chi connectivity index (χ4v) is 4.74. The van der Waals surface area contributed by atoms with E-state index in [-0.39, 0.29) is 18.6 Å². The molecule has 3 rings (SSSR count). The summed E-state index contributed by atoms with van der Waals surface area (Å²) in [6, 6.07) is 16.0. The number of likely N-dealkylation sites (tertiary alicyclic amines) is 1. The number of hydrogen-bond acceptors (Lipinski definition) is 6. The molecule has 1 aliphatic heterocycles. The Morgan fingerprint density at radius 3 is 2.55 bits per heavy atom. The molecule has 2 unspecified atom stereocenters. The molecule has 1 aliphatic rings. The molecule has 0 radical (unpaired) electrons. The van der Waals surface area contributed by atoms with E-state index in [2.05, 4.69) is 6.07 Å². The summed E-state index contributed by atoms with van der Waals surface area (Å²) in [5.41, 5.74) is 0.521. The lowest BCUT2D eigenvalue weighted by atomic mass is 9.87. The quantitative estimate of drug-likeness (QED) is 0.412. The third-order valence-corrected chi connectivity index (χ3v) is 6.57. The molecule has 2 aromatic carbocycles. The zero-order valence-electron chi connectivity index (χ0n) is 20.0. The lowest BCUT2D eigenvalue weighted by Crippen LogP contribution is -2.47. The van der Waals surface area contributed by atoms with Crippen molar-refractivity contribution in [2.24, 2.45) is 0 Å². The fourth-order valence-electron chi connectivity index (χ4n) is 3.79. The maximum atomic E-state index is 12.3. The van der Waals surface area contributed by atoms with Gasteiger partial charge < -0.3 is 24.2 Å². The summed E-state index contributed by atoms with van der Waals surface area (Å²) in [5.74, 6) is 2.66. The van der Waals surface area contributed by atoms with Crippen LogP contribution in [-0.2, 0) is 4.74 Å². The molecule has 0 spiro atoms. The van der Waals surface area contributed by atoms with Crippen molar-refractivity contribution in [3.63, 3.8) is 0 Å². The molecule has 2 atom stereocenters. The zero-order valence-corrected chi connectivity index (χ0v) is 20.8. The normalized spacial score (nSPS) is 18.6. The summed E-state index contributed by atoms with van der Waals surface area (Å²) in [5, 5.41) is 10.6. The maximum absolute atomic E-state index is 12.3. The molecular weight excluding hydrogens is 438 g/mol. The number of carbonyl (C=O) groups is 1. The first kappa shape index (κ1) is 25.2. The molecule has 0 bridgehead atoms. The Balaban J connectivity index is 1.42. The first-order chi connectivity index (χ1) is 15.8. The van der Waals surface area contributed by atoms with Crippen LogP contribution in [0, 0.1) is 0 Å². The number of thioether (sulfide) groups is 1. The molecule has 33 heavy (non-hydrogen) atoms. The van der Waals surface area contributed by atoms with Crippen molar-refractivity contribution in [2.75, 3.05) is 32.6 Å². The average Bonchev–Trinajstić information content (AvgIpc) is 2.78. The number of piperidine rings is 1. The van der Waals surface area contributed by atoms with Crippen molar-refractivity contribution < 1.29 is 24.1 Å². The number of amides is 1. The third-order valence-electron chi connectivity index (χ3n) is 5.43. The van der Waals surface area contributed by atoms with Crippen molar-refractivity contribution in [1.29, 1.82) is 0 Å². The van der Waals surface area contributed by atoms with Gasteiger partial charge in [-0.3, -0.25) is 0 Å². The van der Waals surface area contributed by atoms with Gasteiger partial charge in [-0.1, -0.05) is 24.3 Å². The van der Waals surface area contributed by atoms with Crippen LogP contribution in [0.15, 0.2) is 53.4 Å². The highest BCUT2D eigenvalue weighted by Crippen LogP contribution is 2.31. The van der Waals surface area contributed by atoms with Crippen molar-refractivity contribution in [2.45, 2.75) is 56.1 Å². The van der Waals surface area contributed by atoms with Gasteiger partial charge in [0, 0.05) is 23.1 Å². The molecule has 1 N–H and O–H groups in total. The number of β-amino-alcohol motifs (C(OH)–C–C–N with tert-alkyl or cyclic N) is 1. The van der Waals surface area contributed by atoms with Gasteiger partial charge in [-0.05, 0) is 63.4 Å². The van der Waals surface area contributed by atoms with Gasteiger partial charge in [0.05, 0.1) is 26.4 Å². The van der Waals surface area contributed by atoms with Gasteiger partial charge in [0.1, 0.15) is 17.1 Å². The number of hydrogen-bond donors (Lipinski definition) is 1. The SMILES string of the molecule is COc1ccccc1SCCCOc1ccc(C2CCN(C(=O)OC(C)(C)C)CC2O)cc1. The number of ether oxygens (including phenoxy) is 3. The molecule has 7 heteroatoms. The molecule has 0 aromatic heterocycles. The summed E-state index contributed by atoms with van der Waals surface area (Å²) in [6.45, 7) is 7.02. The van der Waals surface area contributed by atoms with Crippen LogP contribution in [0.1, 0.15) is 45.1 Å². The zero-order chi connectivity index (χ0) is 23.8. The molecule has 0 aliphatic carbocycles. The average molecular weight is 474 g/mol. The number of nitrogens with zero attached hydrogens (tertiary/aromatic N) is 1. The molecule has 1 saturated heterocycles. The number of rotatable bonds is 8. The molecule has 1 heterocycles. The van der Waals surface area contributed by atoms with E-state index in [1.54, 1.807) is 23.8 Å². The van der Waals surface area contributed by atoms with Crippen molar-refractivity contribution in [3.05, 3.63) is 54.1 Å². The number of carbonyl (C=O) groups excluding carboxylic acids is 1. The molecule has 1 amide bonds. The summed E-state index contributed by atoms with van der Waals surface area (Å²) in [7, 11) is 1.69. The molecule has 2 aromatic rings. The van der Waals surface area contributed by atoms with Crippen LogP contribution in [-0.4, -0.2) is 60.4 Å². The number of benzene rings is 2. The number of methoxy groups -OCH3 is 1. The minimum atomic E-state index is -0.620. The highest BCUT2D eigenvalue weighted by atomic mass is 32.2. The number of aliphatic hydroxyl groups is 1. The van der Waals surface area contributed by atoms with Gasteiger partial charge >= 0.3 is 6.09 Å². The summed E-state index contributed by atoms with van der Waals surface area (Å²) < 4.78 is 16.7. The van der Waals surface area contributed by atoms with Crippen LogP contribution in [0.25, 0.3) is 0 Å². The lowest BCUT2D eigenvalue weighted by Gasteiger charge is -2.36. The van der Waals surface area contributed by atoms with Gasteiger partial charge in [0.2, 0.25) is 0 Å². The van der Waals surface area contributed by atoms with Crippen LogP contribution in [0.3, 0.4) is 0 Å². The highest BCUT2D eigenvalue weighted by molar-refractivity contribution is 7.99. The van der Waals surface area contributed by atoms with E-state index in [4.69, 9.17) is 14.2 Å². The van der Waals surface area contributed by atoms with Crippen molar-refractivity contribution in [3.8, 4) is 11.5 Å². The second-order valence-electron chi connectivity index (χ2n) is 9.16. The summed E-state index contributed by atoms with van der Waals surface area (Å²) >= 11 is 1.76. The minimum Gasteiger partial charge on any atom is -0.496 e. The Morgan fingerprint density at radius 1 is 1.15 bits per heavy atom. The van der Waals surface area contributed by atoms with E-state index in [1.165, 1.54) is 0 Å². The van der Waals surface area contributed by atoms with Crippen molar-refractivity contribution >= 4 is 17.9 Å². The monoisotopic (exact) mass is 473 g/mol. The fraction of sp³-hybridized carbons (Fsp3) is 0.500. The predicted molar refractivity (Wildman–Crippen MR) is 131 cm³/mol. The van der Waals surface area contributed by atoms with E-state index >= 15 is 0 Å². The van der Waals surface area contributed by atoms with Crippen LogP contribution < -0.4 is 9.47 Å². The van der Waals surface area contributed by atoms with E-state index in [9.17, 15) is 9.90 Å². The lowest BCUT2D eigenvalue weighted by molar-refractivity contribution is -0.00152. The van der Waals surface area contributed by atoms with Gasteiger partial charge in [-0.25, -0.2) is 4.79 Å². The largest absolute Gasteiger partial charge is 0.496 e. The summed E-state index contributed by atoms with van der Waals surface area (Å²) in [6.07, 6.45) is 0.630. The molecular formula is C26H35NO5S. The standard InChI is InChI=1S/C26H35NO5S/c1-26(2,3)32-25(29)27-15-14-21(22(28)18-27)19-10-12-20(13-11-19)31-16-7-17-33-24-9-6-5-8-23(24)30-4/h5-6,8-13,21-22,28H,7,14-18H2,1-4H3. The van der Waals surface area contributed by atoms with Gasteiger partial charge in [-0.15, -0.1) is 11.8 Å². The van der Waals surface area contributed by atoms with Gasteiger partial charge in [0.25, 0.3) is 0 Å². The van der Waals surface area contributed by atoms with E-state index in [0.717, 1.165) is 34.1 Å². The van der Waals surface area contributed by atoms with E-state index in [1.807, 2.05) is 63.2 Å². The van der Waals surface area contributed by atoms with Gasteiger partial charge in [-0.2, -0.15) is 0 Å². The minimum absolute atomic E-state index is 0.00464. The smallest absolute Gasteiger partial charge is 0.410 e. The van der Waals surface area contributed by atoms with Gasteiger partial charge in [0.15, 0.2) is 0 Å². The third kappa shape index (κ3) is 7.57. The molecule has 6 nitrogen and oxygen atoms in total. The Morgan fingerprint density at radius 2 is 1.88 bits per heavy atom. The number of para-hydroxylation sites is 1. The van der Waals surface area contributed by atoms with E-state index in [0.29, 0.717) is 19.6 Å². The second kappa shape index (κ2) is 11.7. The van der Waals surface area contributed by atoms with Crippen LogP contribution in [0.2, 0.25) is 0 Å². The molecule has 180 valence electrons. The van der Waals surface area contributed by atoms with Crippen LogP contribution in [0.5, 0.6) is 11.5 Å². The van der Waals surface area contributed by atoms with Crippen molar-refractivity contribution in [1.82, 2.24) is 4.90 Å². The Labute approximate surface area is 201 Å². The molecule has 1 fully saturated rings. The Hall–Kier alpha value is -2.38. The first-order valence-corrected chi connectivity index (χ1v) is 12.4. The molecule has 0 saturated carbocycles. The Kier molecular flexibility index (Phi) is 8.92. The van der Waals surface area contributed by atoms with Crippen LogP contribution >= 0.6 is 11.8 Å². The predicted octanol–water partition coefficient (Wildman–Crippen LogP) is 5.34. The van der Waals surface area contributed by atoms with E-state index < -0.39 is 11.7 Å². The van der Waals surface area contributed by atoms with Crippen LogP contribution in [0.4, 0.5) is 4.79 Å². The first-order valence-electron chi connectivity index (χ1n) is 11.4. The Bertz CT molecular complexity index is 896. The highest BCUT2D eigenvalue weighted by Gasteiger charge is 2.33.